The highest BCUT2D eigenvalue weighted by Gasteiger charge is 2.23. The first-order chi connectivity index (χ1) is 18.9. The van der Waals surface area contributed by atoms with Crippen molar-refractivity contribution in [2.75, 3.05) is 5.32 Å². The fraction of sp³-hybridized carbons (Fsp3) is 0.355. The molecule has 8 nitrogen and oxygen atoms in total. The Balaban J connectivity index is 0.000000634. The minimum absolute atomic E-state index is 0.128. The third-order valence-corrected chi connectivity index (χ3v) is 6.95. The molecule has 2 aromatic carbocycles. The number of nitriles is 1. The zero-order valence-electron chi connectivity index (χ0n) is 22.7. The average molecular weight is 526 g/mol. The number of aromatic nitrogens is 3. The molecule has 0 aliphatic heterocycles. The predicted octanol–water partition coefficient (Wildman–Crippen LogP) is 8.41. The van der Waals surface area contributed by atoms with Crippen LogP contribution in [0, 0.1) is 17.2 Å². The molecule has 2 heterocycles. The highest BCUT2D eigenvalue weighted by molar-refractivity contribution is 5.95. The van der Waals surface area contributed by atoms with Gasteiger partial charge in [-0.25, -0.2) is 9.78 Å². The van der Waals surface area contributed by atoms with E-state index in [1.165, 1.54) is 19.3 Å². The summed E-state index contributed by atoms with van der Waals surface area (Å²) in [6.45, 7) is 6.57. The summed E-state index contributed by atoms with van der Waals surface area (Å²) in [7, 11) is 0. The summed E-state index contributed by atoms with van der Waals surface area (Å²) in [5, 5.41) is 22.3. The zero-order valence-corrected chi connectivity index (χ0v) is 22.7. The minimum atomic E-state index is -1.12. The van der Waals surface area contributed by atoms with Crippen molar-refractivity contribution in [3.8, 4) is 29.0 Å². The van der Waals surface area contributed by atoms with Crippen molar-refractivity contribution in [2.45, 2.75) is 65.3 Å². The molecular formula is C31H35N5O3. The van der Waals surface area contributed by atoms with E-state index in [0.29, 0.717) is 22.9 Å². The van der Waals surface area contributed by atoms with Crippen LogP contribution in [0.5, 0.6) is 11.6 Å². The van der Waals surface area contributed by atoms with Crippen molar-refractivity contribution in [1.82, 2.24) is 14.5 Å². The molecular weight excluding hydrogens is 490 g/mol. The number of carboxylic acid groups (broad SMARTS) is 1. The van der Waals surface area contributed by atoms with Crippen molar-refractivity contribution in [3.05, 3.63) is 66.6 Å². The topological polar surface area (TPSA) is 113 Å². The van der Waals surface area contributed by atoms with Gasteiger partial charge in [-0.05, 0) is 49.1 Å². The van der Waals surface area contributed by atoms with Gasteiger partial charge in [-0.1, -0.05) is 58.1 Å². The van der Waals surface area contributed by atoms with Gasteiger partial charge in [0.25, 0.3) is 0 Å². The maximum Gasteiger partial charge on any atom is 0.409 e. The van der Waals surface area contributed by atoms with Crippen LogP contribution in [0.25, 0.3) is 22.2 Å². The summed E-state index contributed by atoms with van der Waals surface area (Å²) in [6, 6.07) is 15.2. The molecule has 0 saturated heterocycles. The molecule has 202 valence electrons. The van der Waals surface area contributed by atoms with Gasteiger partial charge in [-0.15, -0.1) is 0 Å². The Labute approximate surface area is 229 Å². The van der Waals surface area contributed by atoms with Gasteiger partial charge in [-0.2, -0.15) is 5.26 Å². The van der Waals surface area contributed by atoms with Crippen LogP contribution in [-0.4, -0.2) is 25.7 Å². The number of hydrogen-bond acceptors (Lipinski definition) is 5. The number of carbonyl (C=O) groups is 1. The van der Waals surface area contributed by atoms with Crippen LogP contribution in [0.4, 0.5) is 10.5 Å². The number of benzene rings is 2. The van der Waals surface area contributed by atoms with Crippen molar-refractivity contribution in [3.63, 3.8) is 0 Å². The molecule has 1 unspecified atom stereocenters. The molecule has 5 rings (SSSR count). The molecule has 2 N–H and O–H groups in total. The van der Waals surface area contributed by atoms with E-state index in [4.69, 9.17) is 9.84 Å². The Morgan fingerprint density at radius 2 is 1.97 bits per heavy atom. The summed E-state index contributed by atoms with van der Waals surface area (Å²) in [4.78, 5) is 19.2. The smallest absolute Gasteiger partial charge is 0.409 e. The largest absolute Gasteiger partial charge is 0.465 e. The molecule has 1 fully saturated rings. The Kier molecular flexibility index (Phi) is 9.16. The van der Waals surface area contributed by atoms with Crippen LogP contribution in [0.1, 0.15) is 70.9 Å². The molecule has 1 aliphatic rings. The van der Waals surface area contributed by atoms with E-state index in [-0.39, 0.29) is 6.04 Å². The van der Waals surface area contributed by atoms with Gasteiger partial charge in [-0.3, -0.25) is 10.3 Å². The second kappa shape index (κ2) is 12.9. The fourth-order valence-corrected chi connectivity index (χ4v) is 4.66. The molecule has 0 radical (unpaired) electrons. The van der Waals surface area contributed by atoms with E-state index < -0.39 is 6.09 Å². The van der Waals surface area contributed by atoms with Gasteiger partial charge in [0.2, 0.25) is 5.88 Å². The summed E-state index contributed by atoms with van der Waals surface area (Å²) in [5.41, 5.74) is 3.58. The van der Waals surface area contributed by atoms with E-state index in [1.807, 2.05) is 30.3 Å². The molecule has 1 saturated carbocycles. The third-order valence-electron chi connectivity index (χ3n) is 6.95. The summed E-state index contributed by atoms with van der Waals surface area (Å²) < 4.78 is 8.10. The number of ether oxygens (including phenoxy) is 1. The Bertz CT molecular complexity index is 1440. The second-order valence-corrected chi connectivity index (χ2v) is 9.88. The van der Waals surface area contributed by atoms with E-state index in [9.17, 15) is 10.1 Å². The molecule has 39 heavy (non-hydrogen) atoms. The predicted molar refractivity (Wildman–Crippen MR) is 153 cm³/mol. The van der Waals surface area contributed by atoms with Gasteiger partial charge < -0.3 is 14.4 Å². The molecule has 1 atom stereocenters. The molecule has 4 aromatic rings. The Hall–Kier alpha value is -4.38. The Morgan fingerprint density at radius 1 is 1.21 bits per heavy atom. The van der Waals surface area contributed by atoms with Crippen LogP contribution in [0.3, 0.4) is 0 Å². The second-order valence-electron chi connectivity index (χ2n) is 9.88. The lowest BCUT2D eigenvalue weighted by molar-refractivity contribution is 0.209. The normalized spacial score (nSPS) is 13.2. The average Bonchev–Trinajstić information content (AvgIpc) is 3.73. The van der Waals surface area contributed by atoms with E-state index in [1.54, 1.807) is 30.7 Å². The highest BCUT2D eigenvalue weighted by Crippen LogP contribution is 2.39. The third kappa shape index (κ3) is 6.94. The first kappa shape index (κ1) is 27.6. The van der Waals surface area contributed by atoms with Gasteiger partial charge in [0.1, 0.15) is 11.8 Å². The quantitative estimate of drug-likeness (QED) is 0.227. The molecule has 0 spiro atoms. The van der Waals surface area contributed by atoms with Crippen molar-refractivity contribution in [1.29, 1.82) is 5.26 Å². The van der Waals surface area contributed by atoms with Gasteiger partial charge >= 0.3 is 6.09 Å². The monoisotopic (exact) mass is 525 g/mol. The summed E-state index contributed by atoms with van der Waals surface area (Å²) in [6.07, 6.45) is 11.1. The number of nitrogens with one attached hydrogen (secondary N) is 1. The van der Waals surface area contributed by atoms with Crippen LogP contribution in [0.15, 0.2) is 61.1 Å². The molecule has 8 heteroatoms. The van der Waals surface area contributed by atoms with Gasteiger partial charge in [0.15, 0.2) is 0 Å². The number of unbranched alkanes of at least 4 members (excludes halogenated alkanes) is 1. The highest BCUT2D eigenvalue weighted by atomic mass is 16.5. The lowest BCUT2D eigenvalue weighted by Gasteiger charge is -2.19. The SMILES string of the molecule is CCC1CC1.CCCCC(C)n1c(-c2ccc(NC(=O)O)cc2)c(C#N)c2ccc(Oc3cnccn3)cc21. The standard InChI is InChI=1S/C26H25N5O3.C5H10/c1-3-4-5-17(2)31-23-14-20(34-24-16-28-12-13-29-24)10-11-21(23)22(15-27)25(31)18-6-8-19(9-7-18)30-26(32)33;1-2-5-3-4-5/h6-14,16-17,30H,3-5H2,1-2H3,(H,32,33);5H,2-4H2,1H3. The lowest BCUT2D eigenvalue weighted by Crippen LogP contribution is -2.08. The van der Waals surface area contributed by atoms with Crippen molar-refractivity contribution < 1.29 is 14.6 Å². The summed E-state index contributed by atoms with van der Waals surface area (Å²) in [5.74, 6) is 2.13. The number of amides is 1. The van der Waals surface area contributed by atoms with E-state index in [2.05, 4.69) is 46.7 Å². The van der Waals surface area contributed by atoms with Gasteiger partial charge in [0, 0.05) is 35.6 Å². The molecule has 1 aliphatic carbocycles. The van der Waals surface area contributed by atoms with Gasteiger partial charge in [0.05, 0.1) is 23.0 Å². The Morgan fingerprint density at radius 3 is 2.54 bits per heavy atom. The summed E-state index contributed by atoms with van der Waals surface area (Å²) >= 11 is 0. The van der Waals surface area contributed by atoms with Crippen LogP contribution < -0.4 is 10.1 Å². The van der Waals surface area contributed by atoms with Crippen LogP contribution >= 0.6 is 0 Å². The molecule has 1 amide bonds. The van der Waals surface area contributed by atoms with E-state index >= 15 is 0 Å². The first-order valence-corrected chi connectivity index (χ1v) is 13.6. The maximum absolute atomic E-state index is 11.0. The van der Waals surface area contributed by atoms with Crippen LogP contribution in [-0.2, 0) is 0 Å². The number of nitrogens with zero attached hydrogens (tertiary/aromatic N) is 4. The molecule has 0 bridgehead atoms. The number of rotatable bonds is 9. The zero-order chi connectivity index (χ0) is 27.8. The fourth-order valence-electron chi connectivity index (χ4n) is 4.66. The van der Waals surface area contributed by atoms with E-state index in [0.717, 1.165) is 47.3 Å². The minimum Gasteiger partial charge on any atom is -0.465 e. The number of anilines is 1. The van der Waals surface area contributed by atoms with Crippen molar-refractivity contribution >= 4 is 22.7 Å². The maximum atomic E-state index is 11.0. The number of hydrogen-bond donors (Lipinski definition) is 2. The van der Waals surface area contributed by atoms with Crippen LogP contribution in [0.2, 0.25) is 0 Å². The lowest BCUT2D eigenvalue weighted by atomic mass is 10.0. The number of fused-ring (bicyclic) bond motifs is 1. The van der Waals surface area contributed by atoms with Crippen molar-refractivity contribution in [2.24, 2.45) is 5.92 Å². The molecule has 2 aromatic heterocycles. The first-order valence-electron chi connectivity index (χ1n) is 13.6.